The Bertz CT molecular complexity index is 736. The molecule has 1 aromatic carbocycles. The number of fused-ring (bicyclic) bond motifs is 1. The van der Waals surface area contributed by atoms with Crippen LogP contribution in [0.4, 0.5) is 11.4 Å². The molecule has 0 saturated heterocycles. The lowest BCUT2D eigenvalue weighted by Crippen LogP contribution is -2.29. The van der Waals surface area contributed by atoms with E-state index in [9.17, 15) is 8.42 Å². The zero-order valence-corrected chi connectivity index (χ0v) is 11.2. The Kier molecular flexibility index (Phi) is 2.53. The number of benzene rings is 1. The molecule has 1 aliphatic rings. The van der Waals surface area contributed by atoms with Crippen LogP contribution < -0.4 is 10.0 Å². The lowest BCUT2D eigenvalue weighted by atomic mass is 10.1. The van der Waals surface area contributed by atoms with Gasteiger partial charge in [-0.3, -0.25) is 9.40 Å². The molecular formula is C12H14N4O2S. The highest BCUT2D eigenvalue weighted by atomic mass is 32.2. The number of rotatable bonds is 2. The second kappa shape index (κ2) is 3.99. The van der Waals surface area contributed by atoms with Gasteiger partial charge in [0, 0.05) is 17.8 Å². The number of aromatic nitrogens is 2. The van der Waals surface area contributed by atoms with Crippen LogP contribution in [0.15, 0.2) is 29.3 Å². The molecule has 0 unspecified atom stereocenters. The fourth-order valence-electron chi connectivity index (χ4n) is 2.40. The Morgan fingerprint density at radius 1 is 1.42 bits per heavy atom. The smallest absolute Gasteiger partial charge is 0.267 e. The van der Waals surface area contributed by atoms with Crippen LogP contribution in [0.2, 0.25) is 0 Å². The van der Waals surface area contributed by atoms with Gasteiger partial charge in [-0.25, -0.2) is 8.42 Å². The van der Waals surface area contributed by atoms with Crippen molar-refractivity contribution < 1.29 is 8.42 Å². The molecule has 0 fully saturated rings. The van der Waals surface area contributed by atoms with Gasteiger partial charge in [0.1, 0.15) is 4.90 Å². The maximum Gasteiger partial charge on any atom is 0.267 e. The van der Waals surface area contributed by atoms with Crippen LogP contribution in [0.1, 0.15) is 11.3 Å². The van der Waals surface area contributed by atoms with Gasteiger partial charge in [-0.15, -0.1) is 0 Å². The molecule has 0 amide bonds. The summed E-state index contributed by atoms with van der Waals surface area (Å²) >= 11 is 0. The molecule has 100 valence electrons. The van der Waals surface area contributed by atoms with Crippen LogP contribution in [0.5, 0.6) is 0 Å². The third-order valence-electron chi connectivity index (χ3n) is 3.37. The molecule has 3 rings (SSSR count). The molecule has 1 aliphatic heterocycles. The highest BCUT2D eigenvalue weighted by Gasteiger charge is 2.33. The number of hydrogen-bond acceptors (Lipinski definition) is 4. The van der Waals surface area contributed by atoms with Crippen LogP contribution in [0.25, 0.3) is 0 Å². The first-order valence-electron chi connectivity index (χ1n) is 5.92. The van der Waals surface area contributed by atoms with Crippen LogP contribution >= 0.6 is 0 Å². The summed E-state index contributed by atoms with van der Waals surface area (Å²) in [6, 6.07) is 5.34. The van der Waals surface area contributed by atoms with Crippen LogP contribution in [-0.2, 0) is 16.4 Å². The van der Waals surface area contributed by atoms with Gasteiger partial charge < -0.3 is 5.73 Å². The zero-order chi connectivity index (χ0) is 13.6. The Hall–Kier alpha value is -2.02. The first kappa shape index (κ1) is 12.0. The van der Waals surface area contributed by atoms with E-state index in [4.69, 9.17) is 5.73 Å². The van der Waals surface area contributed by atoms with Crippen molar-refractivity contribution in [3.8, 4) is 0 Å². The fourth-order valence-corrected chi connectivity index (χ4v) is 4.02. The molecule has 0 bridgehead atoms. The topological polar surface area (TPSA) is 92.1 Å². The average Bonchev–Trinajstić information content (AvgIpc) is 2.96. The van der Waals surface area contributed by atoms with Crippen molar-refractivity contribution in [1.29, 1.82) is 0 Å². The van der Waals surface area contributed by atoms with Gasteiger partial charge in [0.15, 0.2) is 0 Å². The zero-order valence-electron chi connectivity index (χ0n) is 10.4. The minimum absolute atomic E-state index is 0.211. The summed E-state index contributed by atoms with van der Waals surface area (Å²) in [7, 11) is -3.57. The third kappa shape index (κ3) is 1.69. The maximum atomic E-state index is 12.6. The highest BCUT2D eigenvalue weighted by Crippen LogP contribution is 2.36. The number of anilines is 2. The number of nitrogens with zero attached hydrogens (tertiary/aromatic N) is 2. The lowest BCUT2D eigenvalue weighted by Gasteiger charge is -2.19. The quantitative estimate of drug-likeness (QED) is 0.803. The monoisotopic (exact) mass is 278 g/mol. The van der Waals surface area contributed by atoms with Crippen LogP contribution in [0.3, 0.4) is 0 Å². The van der Waals surface area contributed by atoms with E-state index in [1.54, 1.807) is 25.1 Å². The van der Waals surface area contributed by atoms with E-state index in [1.807, 2.05) is 0 Å². The standard InChI is InChI=1S/C12H14N4O2S/c1-8-12(7-14-15-8)19(17,18)16-6-5-9-10(13)3-2-4-11(9)16/h2-4,7H,5-6,13H2,1H3,(H,14,15). The van der Waals surface area contributed by atoms with Crippen LogP contribution in [-0.4, -0.2) is 25.2 Å². The van der Waals surface area contributed by atoms with Gasteiger partial charge in [-0.1, -0.05) is 6.07 Å². The molecule has 0 spiro atoms. The van der Waals surface area contributed by atoms with Gasteiger partial charge in [0.05, 0.1) is 17.6 Å². The Balaban J connectivity index is 2.12. The summed E-state index contributed by atoms with van der Waals surface area (Å²) in [6.07, 6.45) is 1.98. The minimum Gasteiger partial charge on any atom is -0.398 e. The van der Waals surface area contributed by atoms with Gasteiger partial charge in [-0.2, -0.15) is 5.10 Å². The Labute approximate surface area is 111 Å². The van der Waals surface area contributed by atoms with Crippen molar-refractivity contribution >= 4 is 21.4 Å². The molecule has 2 aromatic rings. The van der Waals surface area contributed by atoms with E-state index in [2.05, 4.69) is 10.2 Å². The van der Waals surface area contributed by atoms with Crippen molar-refractivity contribution in [3.63, 3.8) is 0 Å². The summed E-state index contributed by atoms with van der Waals surface area (Å²) in [5.41, 5.74) is 8.63. The SMILES string of the molecule is Cc1[nH]ncc1S(=O)(=O)N1CCc2c(N)cccc21. The van der Waals surface area contributed by atoms with Gasteiger partial charge >= 0.3 is 0 Å². The fraction of sp³-hybridized carbons (Fsp3) is 0.250. The van der Waals surface area contributed by atoms with E-state index < -0.39 is 10.0 Å². The summed E-state index contributed by atoms with van der Waals surface area (Å²) in [5.74, 6) is 0. The molecule has 7 heteroatoms. The van der Waals surface area contributed by atoms with Crippen molar-refractivity contribution in [2.24, 2.45) is 0 Å². The van der Waals surface area contributed by atoms with Crippen molar-refractivity contribution in [1.82, 2.24) is 10.2 Å². The number of aryl methyl sites for hydroxylation is 1. The minimum atomic E-state index is -3.57. The lowest BCUT2D eigenvalue weighted by molar-refractivity contribution is 0.592. The summed E-state index contributed by atoms with van der Waals surface area (Å²) < 4.78 is 26.6. The molecule has 1 aromatic heterocycles. The van der Waals surface area contributed by atoms with Gasteiger partial charge in [-0.05, 0) is 25.5 Å². The Morgan fingerprint density at radius 2 is 2.21 bits per heavy atom. The predicted molar refractivity (Wildman–Crippen MR) is 72.4 cm³/mol. The maximum absolute atomic E-state index is 12.6. The molecule has 0 radical (unpaired) electrons. The van der Waals surface area contributed by atoms with E-state index in [1.165, 1.54) is 10.5 Å². The number of hydrogen-bond donors (Lipinski definition) is 2. The number of aromatic amines is 1. The number of nitrogen functional groups attached to an aromatic ring is 1. The molecule has 0 aliphatic carbocycles. The molecule has 3 N–H and O–H groups in total. The number of nitrogens with one attached hydrogen (secondary N) is 1. The van der Waals surface area contributed by atoms with Crippen molar-refractivity contribution in [2.45, 2.75) is 18.2 Å². The molecular weight excluding hydrogens is 264 g/mol. The molecule has 6 nitrogen and oxygen atoms in total. The van der Waals surface area contributed by atoms with E-state index in [0.717, 1.165) is 5.56 Å². The second-order valence-electron chi connectivity index (χ2n) is 4.53. The molecule has 0 saturated carbocycles. The Morgan fingerprint density at radius 3 is 2.89 bits per heavy atom. The first-order valence-corrected chi connectivity index (χ1v) is 7.36. The second-order valence-corrected chi connectivity index (χ2v) is 6.36. The summed E-state index contributed by atoms with van der Waals surface area (Å²) in [6.45, 7) is 2.10. The average molecular weight is 278 g/mol. The van der Waals surface area contributed by atoms with Gasteiger partial charge in [0.2, 0.25) is 0 Å². The molecule has 0 atom stereocenters. The first-order chi connectivity index (χ1) is 9.01. The highest BCUT2D eigenvalue weighted by molar-refractivity contribution is 7.92. The summed E-state index contributed by atoms with van der Waals surface area (Å²) in [5, 5.41) is 6.43. The predicted octanol–water partition coefficient (Wildman–Crippen LogP) is 1.05. The van der Waals surface area contributed by atoms with E-state index >= 15 is 0 Å². The van der Waals surface area contributed by atoms with E-state index in [-0.39, 0.29) is 4.90 Å². The molecule has 2 heterocycles. The number of H-pyrrole nitrogens is 1. The van der Waals surface area contributed by atoms with E-state index in [0.29, 0.717) is 30.0 Å². The third-order valence-corrected chi connectivity index (χ3v) is 5.30. The number of nitrogens with two attached hydrogens (primary N) is 1. The van der Waals surface area contributed by atoms with Crippen LogP contribution in [0, 0.1) is 6.92 Å². The summed E-state index contributed by atoms with van der Waals surface area (Å²) in [4.78, 5) is 0.211. The van der Waals surface area contributed by atoms with Crippen molar-refractivity contribution in [3.05, 3.63) is 35.7 Å². The van der Waals surface area contributed by atoms with Gasteiger partial charge in [0.25, 0.3) is 10.0 Å². The molecule has 19 heavy (non-hydrogen) atoms. The largest absolute Gasteiger partial charge is 0.398 e. The van der Waals surface area contributed by atoms with Crippen molar-refractivity contribution in [2.75, 3.05) is 16.6 Å². The number of sulfonamides is 1. The normalized spacial score (nSPS) is 14.7.